The van der Waals surface area contributed by atoms with Crippen LogP contribution in [0.15, 0.2) is 71.3 Å². The van der Waals surface area contributed by atoms with Crippen molar-refractivity contribution in [3.05, 3.63) is 77.7 Å². The number of furan rings is 1. The maximum absolute atomic E-state index is 12.4. The zero-order chi connectivity index (χ0) is 22.5. The van der Waals surface area contributed by atoms with E-state index in [1.165, 1.54) is 0 Å². The third kappa shape index (κ3) is 5.08. The molecule has 1 N–H and O–H groups in total. The Bertz CT molecular complexity index is 1210. The molecule has 2 heterocycles. The number of nitrogens with one attached hydrogen (secondary N) is 1. The van der Waals surface area contributed by atoms with E-state index in [-0.39, 0.29) is 11.9 Å². The molecule has 164 valence electrons. The van der Waals surface area contributed by atoms with Crippen molar-refractivity contribution in [1.29, 1.82) is 0 Å². The second-order valence-electron chi connectivity index (χ2n) is 7.84. The molecule has 2 aromatic heterocycles. The summed E-state index contributed by atoms with van der Waals surface area (Å²) in [5, 5.41) is 4.44. The highest BCUT2D eigenvalue weighted by atomic mass is 35.5. The quantitative estimate of drug-likeness (QED) is 0.387. The molecular weight excluding hydrogens is 424 g/mol. The SMILES string of the molecule is CC(C)NC(=O)CCN(Cc1ccco1)c1nc(-c2ccccc2Cl)nc2ccccc12. The number of carbonyl (C=O) groups excluding carboxylic acids is 1. The maximum Gasteiger partial charge on any atom is 0.221 e. The van der Waals surface area contributed by atoms with Crippen LogP contribution in [0.5, 0.6) is 0 Å². The summed E-state index contributed by atoms with van der Waals surface area (Å²) in [5.74, 6) is 2.06. The Morgan fingerprint density at radius 1 is 1.06 bits per heavy atom. The van der Waals surface area contributed by atoms with Crippen molar-refractivity contribution in [2.75, 3.05) is 11.4 Å². The molecule has 7 heteroatoms. The number of aromatic nitrogens is 2. The number of hydrogen-bond donors (Lipinski definition) is 1. The number of benzene rings is 2. The Labute approximate surface area is 192 Å². The monoisotopic (exact) mass is 448 g/mol. The average molecular weight is 449 g/mol. The van der Waals surface area contributed by atoms with Gasteiger partial charge in [-0.05, 0) is 50.2 Å². The number of halogens is 1. The Kier molecular flexibility index (Phi) is 6.71. The van der Waals surface area contributed by atoms with Gasteiger partial charge in [0.15, 0.2) is 5.82 Å². The average Bonchev–Trinajstić information content (AvgIpc) is 3.29. The predicted octanol–water partition coefficient (Wildman–Crippen LogP) is 5.46. The minimum atomic E-state index is -0.00543. The van der Waals surface area contributed by atoms with Gasteiger partial charge in [0.1, 0.15) is 11.6 Å². The Morgan fingerprint density at radius 3 is 2.59 bits per heavy atom. The van der Waals surface area contributed by atoms with Crippen LogP contribution in [0.2, 0.25) is 5.02 Å². The maximum atomic E-state index is 12.4. The van der Waals surface area contributed by atoms with Crippen molar-refractivity contribution in [2.45, 2.75) is 32.9 Å². The number of fused-ring (bicyclic) bond motifs is 1. The van der Waals surface area contributed by atoms with E-state index in [0.717, 1.165) is 28.0 Å². The van der Waals surface area contributed by atoms with Gasteiger partial charge in [-0.3, -0.25) is 4.79 Å². The third-order valence-electron chi connectivity index (χ3n) is 4.98. The molecule has 0 aliphatic rings. The van der Waals surface area contributed by atoms with E-state index >= 15 is 0 Å². The van der Waals surface area contributed by atoms with Crippen molar-refractivity contribution in [2.24, 2.45) is 0 Å². The molecule has 0 spiro atoms. The summed E-state index contributed by atoms with van der Waals surface area (Å²) < 4.78 is 5.60. The lowest BCUT2D eigenvalue weighted by Gasteiger charge is -2.25. The summed E-state index contributed by atoms with van der Waals surface area (Å²) in [5.41, 5.74) is 1.57. The van der Waals surface area contributed by atoms with E-state index in [1.807, 2.05) is 74.5 Å². The minimum absolute atomic E-state index is 0.00543. The van der Waals surface area contributed by atoms with Crippen LogP contribution in [0, 0.1) is 0 Å². The number of amides is 1. The minimum Gasteiger partial charge on any atom is -0.467 e. The van der Waals surface area contributed by atoms with E-state index in [0.29, 0.717) is 30.4 Å². The van der Waals surface area contributed by atoms with E-state index in [2.05, 4.69) is 10.2 Å². The van der Waals surface area contributed by atoms with Gasteiger partial charge >= 0.3 is 0 Å². The highest BCUT2D eigenvalue weighted by Crippen LogP contribution is 2.31. The van der Waals surface area contributed by atoms with Crippen molar-refractivity contribution in [1.82, 2.24) is 15.3 Å². The lowest BCUT2D eigenvalue weighted by Crippen LogP contribution is -2.34. The standard InChI is InChI=1S/C25H25ClN4O2/c1-17(2)27-23(31)13-14-30(16-18-8-7-15-32-18)25-20-10-4-6-12-22(20)28-24(29-25)19-9-3-5-11-21(19)26/h3-12,15,17H,13-14,16H2,1-2H3,(H,27,31). The number of hydrogen-bond acceptors (Lipinski definition) is 5. The summed E-state index contributed by atoms with van der Waals surface area (Å²) >= 11 is 6.45. The first-order chi connectivity index (χ1) is 15.5. The molecule has 0 unspecified atom stereocenters. The normalized spacial score (nSPS) is 11.1. The van der Waals surface area contributed by atoms with Gasteiger partial charge in [0, 0.05) is 30.0 Å². The van der Waals surface area contributed by atoms with Crippen molar-refractivity contribution < 1.29 is 9.21 Å². The van der Waals surface area contributed by atoms with Crippen molar-refractivity contribution >= 4 is 34.2 Å². The summed E-state index contributed by atoms with van der Waals surface area (Å²) in [4.78, 5) is 24.1. The van der Waals surface area contributed by atoms with Gasteiger partial charge in [-0.15, -0.1) is 0 Å². The van der Waals surface area contributed by atoms with Gasteiger partial charge < -0.3 is 14.6 Å². The molecular formula is C25H25ClN4O2. The van der Waals surface area contributed by atoms with Gasteiger partial charge in [0.2, 0.25) is 5.91 Å². The first-order valence-corrected chi connectivity index (χ1v) is 11.0. The second kappa shape index (κ2) is 9.83. The predicted molar refractivity (Wildman–Crippen MR) is 128 cm³/mol. The molecule has 0 bridgehead atoms. The molecule has 0 saturated carbocycles. The highest BCUT2D eigenvalue weighted by Gasteiger charge is 2.19. The molecule has 1 amide bonds. The number of nitrogens with zero attached hydrogens (tertiary/aromatic N) is 3. The highest BCUT2D eigenvalue weighted by molar-refractivity contribution is 6.33. The summed E-state index contributed by atoms with van der Waals surface area (Å²) in [7, 11) is 0. The van der Waals surface area contributed by atoms with E-state index in [4.69, 9.17) is 26.0 Å². The fourth-order valence-corrected chi connectivity index (χ4v) is 3.77. The zero-order valence-electron chi connectivity index (χ0n) is 18.1. The van der Waals surface area contributed by atoms with E-state index in [9.17, 15) is 4.79 Å². The molecule has 0 aliphatic heterocycles. The summed E-state index contributed by atoms with van der Waals surface area (Å²) in [6, 6.07) is 19.2. The molecule has 4 rings (SSSR count). The number of anilines is 1. The molecule has 32 heavy (non-hydrogen) atoms. The fourth-order valence-electron chi connectivity index (χ4n) is 3.55. The fraction of sp³-hybridized carbons (Fsp3) is 0.240. The van der Waals surface area contributed by atoms with Crippen molar-refractivity contribution in [3.63, 3.8) is 0 Å². The number of carbonyl (C=O) groups is 1. The van der Waals surface area contributed by atoms with Gasteiger partial charge in [-0.2, -0.15) is 0 Å². The molecule has 2 aromatic carbocycles. The number of para-hydroxylation sites is 1. The molecule has 0 aliphatic carbocycles. The lowest BCUT2D eigenvalue weighted by molar-refractivity contribution is -0.121. The summed E-state index contributed by atoms with van der Waals surface area (Å²) in [6.45, 7) is 4.85. The van der Waals surface area contributed by atoms with E-state index in [1.54, 1.807) is 6.26 Å². The molecule has 4 aromatic rings. The Balaban J connectivity index is 1.77. The van der Waals surface area contributed by atoms with E-state index < -0.39 is 0 Å². The largest absolute Gasteiger partial charge is 0.467 e. The second-order valence-corrected chi connectivity index (χ2v) is 8.25. The lowest BCUT2D eigenvalue weighted by atomic mass is 10.1. The Hall–Kier alpha value is -3.38. The first kappa shape index (κ1) is 21.8. The zero-order valence-corrected chi connectivity index (χ0v) is 18.8. The molecule has 0 radical (unpaired) electrons. The van der Waals surface area contributed by atoms with Crippen LogP contribution >= 0.6 is 11.6 Å². The van der Waals surface area contributed by atoms with Crippen LogP contribution in [0.1, 0.15) is 26.0 Å². The van der Waals surface area contributed by atoms with Crippen LogP contribution in [-0.4, -0.2) is 28.5 Å². The van der Waals surface area contributed by atoms with Crippen LogP contribution < -0.4 is 10.2 Å². The van der Waals surface area contributed by atoms with Crippen LogP contribution in [0.25, 0.3) is 22.3 Å². The smallest absolute Gasteiger partial charge is 0.221 e. The topological polar surface area (TPSA) is 71.3 Å². The van der Waals surface area contributed by atoms with Gasteiger partial charge in [0.05, 0.1) is 23.3 Å². The van der Waals surface area contributed by atoms with Crippen LogP contribution in [0.3, 0.4) is 0 Å². The first-order valence-electron chi connectivity index (χ1n) is 10.6. The Morgan fingerprint density at radius 2 is 1.84 bits per heavy atom. The van der Waals surface area contributed by atoms with Gasteiger partial charge in [0.25, 0.3) is 0 Å². The van der Waals surface area contributed by atoms with Crippen molar-refractivity contribution in [3.8, 4) is 11.4 Å². The molecule has 0 saturated heterocycles. The number of rotatable bonds is 8. The van der Waals surface area contributed by atoms with Gasteiger partial charge in [-0.1, -0.05) is 35.9 Å². The molecule has 0 fully saturated rings. The third-order valence-corrected chi connectivity index (χ3v) is 5.31. The van der Waals surface area contributed by atoms with Gasteiger partial charge in [-0.25, -0.2) is 9.97 Å². The molecule has 6 nitrogen and oxygen atoms in total. The van der Waals surface area contributed by atoms with Crippen LogP contribution in [-0.2, 0) is 11.3 Å². The van der Waals surface area contributed by atoms with Crippen LogP contribution in [0.4, 0.5) is 5.82 Å². The summed E-state index contributed by atoms with van der Waals surface area (Å²) in [6.07, 6.45) is 1.98. The molecule has 0 atom stereocenters.